The summed E-state index contributed by atoms with van der Waals surface area (Å²) in [4.78, 5) is 10.5. The van der Waals surface area contributed by atoms with Crippen LogP contribution < -0.4 is 5.32 Å². The Labute approximate surface area is 102 Å². The minimum atomic E-state index is 0.432. The Morgan fingerprint density at radius 2 is 2.00 bits per heavy atom. The van der Waals surface area contributed by atoms with Crippen molar-refractivity contribution in [3.8, 4) is 0 Å². The molecule has 0 bridgehead atoms. The van der Waals surface area contributed by atoms with Crippen LogP contribution >= 0.6 is 11.6 Å². The van der Waals surface area contributed by atoms with Crippen LogP contribution in [-0.2, 0) is 0 Å². The second-order valence-corrected chi connectivity index (χ2v) is 3.91. The van der Waals surface area contributed by atoms with Gasteiger partial charge in [-0.15, -0.1) is 0 Å². The zero-order chi connectivity index (χ0) is 11.8. The monoisotopic (exact) mass is 242 g/mol. The second-order valence-electron chi connectivity index (χ2n) is 3.56. The van der Waals surface area contributed by atoms with E-state index in [1.165, 1.54) is 6.42 Å². The molecule has 0 aliphatic heterocycles. The maximum atomic E-state index is 5.88. The molecule has 1 heterocycles. The van der Waals surface area contributed by atoms with E-state index < -0.39 is 0 Å². The number of anilines is 1. The summed E-state index contributed by atoms with van der Waals surface area (Å²) in [5, 5.41) is 3.62. The summed E-state index contributed by atoms with van der Waals surface area (Å²) in [6.45, 7) is 8.40. The molecule has 0 aromatic carbocycles. The topological polar surface area (TPSA) is 41.0 Å². The zero-order valence-electron chi connectivity index (χ0n) is 9.91. The van der Waals surface area contributed by atoms with Crippen molar-refractivity contribution in [2.75, 3.05) is 31.5 Å². The van der Waals surface area contributed by atoms with Gasteiger partial charge in [0.15, 0.2) is 11.0 Å². The number of nitrogens with zero attached hydrogens (tertiary/aromatic N) is 3. The lowest BCUT2D eigenvalue weighted by Crippen LogP contribution is -2.29. The van der Waals surface area contributed by atoms with Crippen LogP contribution in [0.3, 0.4) is 0 Å². The molecule has 1 N–H and O–H groups in total. The summed E-state index contributed by atoms with van der Waals surface area (Å²) in [6, 6.07) is 0. The van der Waals surface area contributed by atoms with Crippen LogP contribution in [0.1, 0.15) is 20.3 Å². The van der Waals surface area contributed by atoms with Crippen LogP contribution in [0.2, 0.25) is 5.15 Å². The summed E-state index contributed by atoms with van der Waals surface area (Å²) >= 11 is 5.88. The number of hydrogen-bond acceptors (Lipinski definition) is 4. The first-order chi connectivity index (χ1) is 7.77. The molecular formula is C11H19ClN4. The highest BCUT2D eigenvalue weighted by atomic mass is 35.5. The van der Waals surface area contributed by atoms with E-state index in [0.29, 0.717) is 11.0 Å². The quantitative estimate of drug-likeness (QED) is 0.797. The molecule has 0 unspecified atom stereocenters. The predicted molar refractivity (Wildman–Crippen MR) is 67.9 cm³/mol. The van der Waals surface area contributed by atoms with Crippen molar-refractivity contribution in [2.45, 2.75) is 20.3 Å². The molecule has 0 aliphatic rings. The molecule has 1 rings (SSSR count). The van der Waals surface area contributed by atoms with E-state index in [1.54, 1.807) is 12.4 Å². The van der Waals surface area contributed by atoms with Crippen molar-refractivity contribution < 1.29 is 0 Å². The van der Waals surface area contributed by atoms with Gasteiger partial charge in [0, 0.05) is 25.5 Å². The SMILES string of the molecule is CCCN(CC)CCNc1nccnc1Cl. The fourth-order valence-electron chi connectivity index (χ4n) is 1.52. The van der Waals surface area contributed by atoms with E-state index in [0.717, 1.165) is 26.2 Å². The number of aromatic nitrogens is 2. The first-order valence-corrected chi connectivity index (χ1v) is 6.08. The third kappa shape index (κ3) is 4.33. The van der Waals surface area contributed by atoms with Crippen LogP contribution in [0, 0.1) is 0 Å². The molecule has 16 heavy (non-hydrogen) atoms. The second kappa shape index (κ2) is 7.41. The Hall–Kier alpha value is -0.870. The smallest absolute Gasteiger partial charge is 0.171 e. The molecule has 0 aliphatic carbocycles. The molecule has 0 saturated carbocycles. The van der Waals surface area contributed by atoms with E-state index >= 15 is 0 Å². The number of likely N-dealkylation sites (N-methyl/N-ethyl adjacent to an activating group) is 1. The van der Waals surface area contributed by atoms with Crippen molar-refractivity contribution in [1.82, 2.24) is 14.9 Å². The number of halogens is 1. The summed E-state index contributed by atoms with van der Waals surface area (Å²) in [5.74, 6) is 0.664. The minimum absolute atomic E-state index is 0.432. The average molecular weight is 243 g/mol. The Balaban J connectivity index is 2.32. The summed E-state index contributed by atoms with van der Waals surface area (Å²) in [7, 11) is 0. The maximum absolute atomic E-state index is 5.88. The van der Waals surface area contributed by atoms with Crippen molar-refractivity contribution in [1.29, 1.82) is 0 Å². The van der Waals surface area contributed by atoms with E-state index in [2.05, 4.69) is 34.0 Å². The average Bonchev–Trinajstić information content (AvgIpc) is 2.30. The third-order valence-electron chi connectivity index (χ3n) is 2.36. The van der Waals surface area contributed by atoms with Gasteiger partial charge in [-0.3, -0.25) is 0 Å². The largest absolute Gasteiger partial charge is 0.366 e. The lowest BCUT2D eigenvalue weighted by atomic mass is 10.4. The molecule has 90 valence electrons. The molecular weight excluding hydrogens is 224 g/mol. The third-order valence-corrected chi connectivity index (χ3v) is 2.64. The van der Waals surface area contributed by atoms with Gasteiger partial charge in [-0.25, -0.2) is 9.97 Å². The number of hydrogen-bond donors (Lipinski definition) is 1. The first-order valence-electron chi connectivity index (χ1n) is 5.70. The lowest BCUT2D eigenvalue weighted by molar-refractivity contribution is 0.300. The van der Waals surface area contributed by atoms with Gasteiger partial charge in [-0.1, -0.05) is 25.4 Å². The molecule has 0 saturated heterocycles. The van der Waals surface area contributed by atoms with Gasteiger partial charge in [0.05, 0.1) is 0 Å². The molecule has 4 nitrogen and oxygen atoms in total. The fraction of sp³-hybridized carbons (Fsp3) is 0.636. The van der Waals surface area contributed by atoms with Gasteiger partial charge in [0.25, 0.3) is 0 Å². The Morgan fingerprint density at radius 3 is 2.62 bits per heavy atom. The molecule has 0 fully saturated rings. The van der Waals surface area contributed by atoms with Gasteiger partial charge in [-0.2, -0.15) is 0 Å². The molecule has 5 heteroatoms. The summed E-state index contributed by atoms with van der Waals surface area (Å²) in [5.41, 5.74) is 0. The van der Waals surface area contributed by atoms with Crippen molar-refractivity contribution in [3.63, 3.8) is 0 Å². The minimum Gasteiger partial charge on any atom is -0.366 e. The lowest BCUT2D eigenvalue weighted by Gasteiger charge is -2.19. The van der Waals surface area contributed by atoms with E-state index in [9.17, 15) is 0 Å². The molecule has 0 radical (unpaired) electrons. The van der Waals surface area contributed by atoms with Crippen LogP contribution in [0.15, 0.2) is 12.4 Å². The summed E-state index contributed by atoms with van der Waals surface area (Å²) in [6.07, 6.45) is 4.40. The standard InChI is InChI=1S/C11H19ClN4/c1-3-8-16(4-2)9-7-15-11-10(12)13-5-6-14-11/h5-6H,3-4,7-9H2,1-2H3,(H,14,15). The first kappa shape index (κ1) is 13.2. The van der Waals surface area contributed by atoms with Gasteiger partial charge in [-0.05, 0) is 19.5 Å². The van der Waals surface area contributed by atoms with Gasteiger partial charge in [0.2, 0.25) is 0 Å². The van der Waals surface area contributed by atoms with Crippen LogP contribution in [0.5, 0.6) is 0 Å². The Kier molecular flexibility index (Phi) is 6.11. The molecule has 1 aromatic heterocycles. The van der Waals surface area contributed by atoms with Crippen LogP contribution in [0.4, 0.5) is 5.82 Å². The van der Waals surface area contributed by atoms with Crippen LogP contribution in [-0.4, -0.2) is 41.0 Å². The highest BCUT2D eigenvalue weighted by Gasteiger charge is 2.03. The summed E-state index contributed by atoms with van der Waals surface area (Å²) < 4.78 is 0. The molecule has 0 amide bonds. The van der Waals surface area contributed by atoms with Crippen molar-refractivity contribution in [2.24, 2.45) is 0 Å². The normalized spacial score (nSPS) is 10.8. The fourth-order valence-corrected chi connectivity index (χ4v) is 1.69. The zero-order valence-corrected chi connectivity index (χ0v) is 10.7. The Morgan fingerprint density at radius 1 is 1.25 bits per heavy atom. The molecule has 0 atom stereocenters. The Bertz CT molecular complexity index is 306. The molecule has 1 aromatic rings. The van der Waals surface area contributed by atoms with Gasteiger partial charge < -0.3 is 10.2 Å². The van der Waals surface area contributed by atoms with Gasteiger partial charge >= 0.3 is 0 Å². The van der Waals surface area contributed by atoms with E-state index in [-0.39, 0.29) is 0 Å². The highest BCUT2D eigenvalue weighted by Crippen LogP contribution is 2.13. The van der Waals surface area contributed by atoms with E-state index in [1.807, 2.05) is 0 Å². The number of rotatable bonds is 7. The van der Waals surface area contributed by atoms with Crippen molar-refractivity contribution >= 4 is 17.4 Å². The van der Waals surface area contributed by atoms with Crippen molar-refractivity contribution in [3.05, 3.63) is 17.5 Å². The van der Waals surface area contributed by atoms with Gasteiger partial charge in [0.1, 0.15) is 0 Å². The molecule has 0 spiro atoms. The number of nitrogens with one attached hydrogen (secondary N) is 1. The predicted octanol–water partition coefficient (Wildman–Crippen LogP) is 2.27. The van der Waals surface area contributed by atoms with E-state index in [4.69, 9.17) is 11.6 Å². The highest BCUT2D eigenvalue weighted by molar-refractivity contribution is 6.31. The van der Waals surface area contributed by atoms with Crippen LogP contribution in [0.25, 0.3) is 0 Å². The maximum Gasteiger partial charge on any atom is 0.171 e.